The molecule has 0 amide bonds. The molecule has 12 nitrogen and oxygen atoms in total. The number of phosphoric acid groups is 1. The van der Waals surface area contributed by atoms with Crippen LogP contribution < -0.4 is 5.32 Å². The minimum absolute atomic E-state index is 0.326. The molecule has 0 radical (unpaired) electrons. The predicted molar refractivity (Wildman–Crippen MR) is 95.1 cm³/mol. The van der Waals surface area contributed by atoms with Crippen molar-refractivity contribution in [1.82, 2.24) is 19.5 Å². The van der Waals surface area contributed by atoms with Crippen molar-refractivity contribution in [3.8, 4) is 0 Å². The Balaban J connectivity index is 1.56. The first-order chi connectivity index (χ1) is 13.3. The van der Waals surface area contributed by atoms with Gasteiger partial charge in [0, 0.05) is 6.04 Å². The summed E-state index contributed by atoms with van der Waals surface area (Å²) in [6.45, 7) is -0.574. The highest BCUT2D eigenvalue weighted by Gasteiger charge is 2.45. The zero-order chi connectivity index (χ0) is 19.9. The third-order valence-electron chi connectivity index (χ3n) is 5.07. The first-order valence-electron chi connectivity index (χ1n) is 8.99. The molecule has 2 fully saturated rings. The Kier molecular flexibility index (Phi) is 5.36. The van der Waals surface area contributed by atoms with E-state index in [0.29, 0.717) is 23.0 Å². The summed E-state index contributed by atoms with van der Waals surface area (Å²) in [4.78, 5) is 30.4. The highest BCUT2D eigenvalue weighted by Crippen LogP contribution is 2.39. The molecule has 1 unspecified atom stereocenters. The number of imidazole rings is 1. The van der Waals surface area contributed by atoms with E-state index in [9.17, 15) is 14.8 Å². The van der Waals surface area contributed by atoms with Gasteiger partial charge >= 0.3 is 7.82 Å². The molecule has 0 aromatic carbocycles. The maximum atomic E-state index is 10.9. The lowest BCUT2D eigenvalue weighted by atomic mass is 10.1. The number of ether oxygens (including phenoxy) is 1. The topological polar surface area (TPSA) is 172 Å². The minimum Gasteiger partial charge on any atom is -0.387 e. The molecule has 2 aromatic rings. The SMILES string of the molecule is O=P(O)(O)OC[C@H]1O[C@@H](n2cnc3c(NC4CCCC4)ncnc32)C(O)[C@@H]1O. The number of nitrogens with zero attached hydrogens (tertiary/aromatic N) is 4. The number of nitrogens with one attached hydrogen (secondary N) is 1. The maximum Gasteiger partial charge on any atom is 0.469 e. The molecule has 1 aliphatic carbocycles. The molecule has 5 N–H and O–H groups in total. The van der Waals surface area contributed by atoms with Gasteiger partial charge in [0.2, 0.25) is 0 Å². The molecule has 1 saturated heterocycles. The molecule has 1 aliphatic heterocycles. The van der Waals surface area contributed by atoms with Crippen molar-refractivity contribution in [1.29, 1.82) is 0 Å². The van der Waals surface area contributed by atoms with E-state index in [-0.39, 0.29) is 0 Å². The second-order valence-corrected chi connectivity index (χ2v) is 8.24. The van der Waals surface area contributed by atoms with Crippen LogP contribution in [-0.4, -0.2) is 70.5 Å². The molecule has 2 aliphatic rings. The van der Waals surface area contributed by atoms with Crippen molar-refractivity contribution in [3.63, 3.8) is 0 Å². The number of phosphoric ester groups is 1. The van der Waals surface area contributed by atoms with Crippen molar-refractivity contribution < 1.29 is 33.8 Å². The van der Waals surface area contributed by atoms with E-state index in [1.54, 1.807) is 0 Å². The van der Waals surface area contributed by atoms with E-state index in [1.807, 2.05) is 0 Å². The van der Waals surface area contributed by atoms with E-state index in [2.05, 4.69) is 24.8 Å². The zero-order valence-electron chi connectivity index (χ0n) is 14.8. The fourth-order valence-electron chi connectivity index (χ4n) is 3.67. The largest absolute Gasteiger partial charge is 0.469 e. The lowest BCUT2D eigenvalue weighted by molar-refractivity contribution is -0.0504. The van der Waals surface area contributed by atoms with Gasteiger partial charge in [0.15, 0.2) is 23.2 Å². The molecule has 3 heterocycles. The summed E-state index contributed by atoms with van der Waals surface area (Å²) in [5.74, 6) is 0.588. The zero-order valence-corrected chi connectivity index (χ0v) is 15.7. The van der Waals surface area contributed by atoms with Crippen LogP contribution in [0.2, 0.25) is 0 Å². The number of aliphatic hydroxyl groups excluding tert-OH is 2. The van der Waals surface area contributed by atoms with Crippen LogP contribution in [0.4, 0.5) is 5.82 Å². The third-order valence-corrected chi connectivity index (χ3v) is 5.56. The van der Waals surface area contributed by atoms with Crippen LogP contribution in [0.1, 0.15) is 31.9 Å². The number of hydrogen-bond donors (Lipinski definition) is 5. The summed E-state index contributed by atoms with van der Waals surface area (Å²) in [6, 6.07) is 0.326. The van der Waals surface area contributed by atoms with Gasteiger partial charge in [-0.1, -0.05) is 12.8 Å². The maximum absolute atomic E-state index is 10.9. The van der Waals surface area contributed by atoms with E-state index in [4.69, 9.17) is 14.5 Å². The monoisotopic (exact) mass is 415 g/mol. The molecular weight excluding hydrogens is 393 g/mol. The van der Waals surface area contributed by atoms with Crippen molar-refractivity contribution >= 4 is 24.8 Å². The van der Waals surface area contributed by atoms with Gasteiger partial charge in [-0.15, -0.1) is 0 Å². The van der Waals surface area contributed by atoms with Gasteiger partial charge in [-0.2, -0.15) is 0 Å². The molecule has 0 spiro atoms. The van der Waals surface area contributed by atoms with E-state index < -0.39 is 39.0 Å². The highest BCUT2D eigenvalue weighted by molar-refractivity contribution is 7.46. The van der Waals surface area contributed by atoms with Gasteiger partial charge < -0.3 is 30.1 Å². The highest BCUT2D eigenvalue weighted by atomic mass is 31.2. The average molecular weight is 415 g/mol. The van der Waals surface area contributed by atoms with Crippen LogP contribution in [0.5, 0.6) is 0 Å². The molecule has 28 heavy (non-hydrogen) atoms. The summed E-state index contributed by atoms with van der Waals surface area (Å²) < 4.78 is 22.3. The number of hydrogen-bond acceptors (Lipinski definition) is 9. The quantitative estimate of drug-likeness (QED) is 0.399. The Morgan fingerprint density at radius 3 is 2.68 bits per heavy atom. The van der Waals surface area contributed by atoms with Gasteiger partial charge in [0.05, 0.1) is 12.9 Å². The molecule has 1 saturated carbocycles. The summed E-state index contributed by atoms with van der Waals surface area (Å²) >= 11 is 0. The standard InChI is InChI=1S/C15H22N5O7P/c21-11-9(5-26-28(23,24)25)27-15(12(11)22)20-7-18-10-13(16-6-17-14(10)20)19-8-3-1-2-4-8/h6-9,11-12,15,21-22H,1-5H2,(H,16,17,19)(H2,23,24,25)/t9-,11-,12?,15-/m1/s1. The Morgan fingerprint density at radius 1 is 1.21 bits per heavy atom. The number of anilines is 1. The van der Waals surface area contributed by atoms with Gasteiger partial charge in [-0.3, -0.25) is 9.09 Å². The second kappa shape index (κ2) is 7.64. The van der Waals surface area contributed by atoms with Crippen LogP contribution in [0, 0.1) is 0 Å². The minimum atomic E-state index is -4.73. The lowest BCUT2D eigenvalue weighted by Gasteiger charge is -2.17. The number of aliphatic hydroxyl groups is 2. The van der Waals surface area contributed by atoms with Crippen LogP contribution >= 0.6 is 7.82 Å². The van der Waals surface area contributed by atoms with E-state index in [1.165, 1.54) is 30.1 Å². The number of rotatable bonds is 6. The summed E-state index contributed by atoms with van der Waals surface area (Å²) in [5, 5.41) is 23.9. The van der Waals surface area contributed by atoms with Gasteiger partial charge in [0.25, 0.3) is 0 Å². The van der Waals surface area contributed by atoms with E-state index in [0.717, 1.165) is 12.8 Å². The smallest absolute Gasteiger partial charge is 0.387 e. The number of aromatic nitrogens is 4. The second-order valence-electron chi connectivity index (χ2n) is 7.00. The van der Waals surface area contributed by atoms with Crippen molar-refractivity contribution in [2.75, 3.05) is 11.9 Å². The Labute approximate surface area is 159 Å². The van der Waals surface area contributed by atoms with Gasteiger partial charge in [-0.25, -0.2) is 19.5 Å². The molecular formula is C15H22N5O7P. The van der Waals surface area contributed by atoms with Crippen LogP contribution in [0.3, 0.4) is 0 Å². The molecule has 154 valence electrons. The van der Waals surface area contributed by atoms with Crippen molar-refractivity contribution in [2.45, 2.75) is 56.3 Å². The number of fused-ring (bicyclic) bond motifs is 1. The molecule has 4 rings (SSSR count). The Bertz CT molecular complexity index is 883. The van der Waals surface area contributed by atoms with Crippen molar-refractivity contribution in [3.05, 3.63) is 12.7 Å². The Morgan fingerprint density at radius 2 is 1.96 bits per heavy atom. The third kappa shape index (κ3) is 3.90. The molecule has 0 bridgehead atoms. The first-order valence-corrected chi connectivity index (χ1v) is 10.5. The first kappa shape index (κ1) is 19.6. The fourth-order valence-corrected chi connectivity index (χ4v) is 4.02. The van der Waals surface area contributed by atoms with Crippen LogP contribution in [0.25, 0.3) is 11.2 Å². The van der Waals surface area contributed by atoms with Gasteiger partial charge in [-0.05, 0) is 12.8 Å². The average Bonchev–Trinajstić information content (AvgIpc) is 3.35. The molecule has 13 heteroatoms. The molecule has 2 aromatic heterocycles. The molecule has 4 atom stereocenters. The summed E-state index contributed by atoms with van der Waals surface area (Å²) in [5.41, 5.74) is 0.915. The predicted octanol–water partition coefficient (Wildman–Crippen LogP) is -0.0907. The van der Waals surface area contributed by atoms with Crippen molar-refractivity contribution in [2.24, 2.45) is 0 Å². The van der Waals surface area contributed by atoms with Gasteiger partial charge in [0.1, 0.15) is 24.6 Å². The van der Waals surface area contributed by atoms with Crippen LogP contribution in [0.15, 0.2) is 12.7 Å². The summed E-state index contributed by atoms with van der Waals surface area (Å²) in [7, 11) is -4.73. The van der Waals surface area contributed by atoms with E-state index >= 15 is 0 Å². The van der Waals surface area contributed by atoms with Crippen LogP contribution in [-0.2, 0) is 13.8 Å². The summed E-state index contributed by atoms with van der Waals surface area (Å²) in [6.07, 6.45) is 2.33. The fraction of sp³-hybridized carbons (Fsp3) is 0.667. The normalized spacial score (nSPS) is 29.0. The lowest BCUT2D eigenvalue weighted by Crippen LogP contribution is -2.33. The Hall–Kier alpha value is -1.66.